The number of rotatable bonds is 4. The first-order valence-corrected chi connectivity index (χ1v) is 10.6. The fraction of sp³-hybridized carbons (Fsp3) is 0.545. The summed E-state index contributed by atoms with van der Waals surface area (Å²) in [7, 11) is -1.24. The number of imide groups is 1. The third-order valence-corrected chi connectivity index (χ3v) is 6.83. The number of aliphatic hydroxyl groups is 1. The minimum absolute atomic E-state index is 0.175. The van der Waals surface area contributed by atoms with Crippen molar-refractivity contribution in [2.75, 3.05) is 13.2 Å². The van der Waals surface area contributed by atoms with Crippen LogP contribution >= 0.6 is 0 Å². The smallest absolute Gasteiger partial charge is 0.487 e. The molecule has 0 unspecified atom stereocenters. The molecule has 0 radical (unpaired) electrons. The second-order valence-corrected chi connectivity index (χ2v) is 8.70. The van der Waals surface area contributed by atoms with E-state index in [9.17, 15) is 24.8 Å². The number of fused-ring (bicyclic) bond motifs is 3. The predicted octanol–water partition coefficient (Wildman–Crippen LogP) is 1.81. The number of phenols is 1. The van der Waals surface area contributed by atoms with Crippen LogP contribution in [0.4, 0.5) is 0 Å². The summed E-state index contributed by atoms with van der Waals surface area (Å²) in [5.41, 5.74) is 3.40. The summed E-state index contributed by atoms with van der Waals surface area (Å²) in [6, 6.07) is 3.65. The van der Waals surface area contributed by atoms with Crippen LogP contribution in [-0.4, -0.2) is 52.2 Å². The summed E-state index contributed by atoms with van der Waals surface area (Å²) in [5.74, 6) is -1.53. The number of aliphatic hydroxyl groups excluding tert-OH is 1. The quantitative estimate of drug-likeness (QED) is 0.514. The van der Waals surface area contributed by atoms with Crippen LogP contribution in [-0.2, 0) is 14.2 Å². The summed E-state index contributed by atoms with van der Waals surface area (Å²) < 4.78 is 5.90. The predicted molar refractivity (Wildman–Crippen MR) is 110 cm³/mol. The first-order chi connectivity index (χ1) is 14.3. The van der Waals surface area contributed by atoms with Gasteiger partial charge in [-0.3, -0.25) is 14.5 Å². The number of amides is 2. The number of benzene rings is 1. The lowest BCUT2D eigenvalue weighted by molar-refractivity contribution is -0.140. The Morgan fingerprint density at radius 3 is 2.43 bits per heavy atom. The zero-order chi connectivity index (χ0) is 21.7. The van der Waals surface area contributed by atoms with Crippen LogP contribution in [0, 0.1) is 31.6 Å². The molecule has 2 fully saturated rings. The van der Waals surface area contributed by atoms with Crippen LogP contribution in [0.15, 0.2) is 23.2 Å². The molecule has 2 heterocycles. The molecule has 1 aromatic carbocycles. The van der Waals surface area contributed by atoms with Crippen molar-refractivity contribution in [3.05, 3.63) is 39.9 Å². The zero-order valence-electron chi connectivity index (χ0n) is 17.6. The number of phenolic OH excluding ortho intramolecular Hbond substituents is 1. The van der Waals surface area contributed by atoms with Crippen molar-refractivity contribution < 1.29 is 29.5 Å². The van der Waals surface area contributed by atoms with E-state index in [4.69, 9.17) is 4.65 Å². The van der Waals surface area contributed by atoms with E-state index >= 15 is 0 Å². The van der Waals surface area contributed by atoms with Crippen LogP contribution in [0.3, 0.4) is 0 Å². The molecule has 7 nitrogen and oxygen atoms in total. The van der Waals surface area contributed by atoms with E-state index in [-0.39, 0.29) is 36.5 Å². The number of aryl methyl sites for hydroxylation is 2. The van der Waals surface area contributed by atoms with Gasteiger partial charge in [-0.05, 0) is 78.9 Å². The molecule has 1 aliphatic carbocycles. The number of aromatic hydroxyl groups is 1. The van der Waals surface area contributed by atoms with Gasteiger partial charge in [0, 0.05) is 6.54 Å². The largest absolute Gasteiger partial charge is 0.507 e. The fourth-order valence-electron chi connectivity index (χ4n) is 5.46. The summed E-state index contributed by atoms with van der Waals surface area (Å²) in [4.78, 5) is 27.4. The molecule has 2 saturated heterocycles. The Kier molecular flexibility index (Phi) is 5.51. The van der Waals surface area contributed by atoms with E-state index in [0.717, 1.165) is 5.56 Å². The van der Waals surface area contributed by atoms with Crippen LogP contribution in [0.2, 0.25) is 0 Å². The maximum Gasteiger partial charge on any atom is 0.487 e. The standard InChI is InChI=1S/C22H28BNO6/c1-4-5-24-21(27)16-8-14(10-25)19-15(18(16)22(24)28)9-17(30-23(19)29)13-6-11(2)20(26)12(3)7-13/h6-7,15-18,25-26,29H,4-5,8-10H2,1-3H3/t15-,16-,17-,18+/m0/s1. The first-order valence-electron chi connectivity index (χ1n) is 10.6. The Hall–Kier alpha value is -2.16. The van der Waals surface area contributed by atoms with Gasteiger partial charge >= 0.3 is 7.12 Å². The van der Waals surface area contributed by atoms with Gasteiger partial charge in [0.25, 0.3) is 0 Å². The Bertz CT molecular complexity index is 905. The first kappa shape index (κ1) is 21.1. The number of hydrogen-bond acceptors (Lipinski definition) is 6. The average molecular weight is 413 g/mol. The van der Waals surface area contributed by atoms with E-state index in [1.54, 1.807) is 13.8 Å². The molecule has 3 aliphatic rings. The van der Waals surface area contributed by atoms with Gasteiger partial charge in [0.05, 0.1) is 24.5 Å². The van der Waals surface area contributed by atoms with Gasteiger partial charge in [-0.2, -0.15) is 0 Å². The molecule has 0 bridgehead atoms. The molecule has 160 valence electrons. The van der Waals surface area contributed by atoms with Gasteiger partial charge in [0.15, 0.2) is 0 Å². The second kappa shape index (κ2) is 7.83. The molecule has 3 N–H and O–H groups in total. The summed E-state index contributed by atoms with van der Waals surface area (Å²) in [6.45, 7) is 5.65. The van der Waals surface area contributed by atoms with E-state index in [2.05, 4.69) is 0 Å². The molecule has 1 aromatic rings. The Morgan fingerprint density at radius 1 is 1.17 bits per heavy atom. The van der Waals surface area contributed by atoms with Gasteiger partial charge < -0.3 is 19.9 Å². The highest BCUT2D eigenvalue weighted by molar-refractivity contribution is 6.53. The summed E-state index contributed by atoms with van der Waals surface area (Å²) in [6.07, 6.45) is 0.920. The van der Waals surface area contributed by atoms with Gasteiger partial charge in [-0.25, -0.2) is 0 Å². The minimum Gasteiger partial charge on any atom is -0.507 e. The number of likely N-dealkylation sites (tertiary alicyclic amines) is 1. The van der Waals surface area contributed by atoms with Gasteiger partial charge in [0.1, 0.15) is 5.75 Å². The third-order valence-electron chi connectivity index (χ3n) is 6.83. The highest BCUT2D eigenvalue weighted by Gasteiger charge is 2.57. The molecule has 8 heteroatoms. The third kappa shape index (κ3) is 3.18. The van der Waals surface area contributed by atoms with Gasteiger partial charge in [-0.15, -0.1) is 0 Å². The summed E-state index contributed by atoms with van der Waals surface area (Å²) in [5, 5.41) is 30.8. The van der Waals surface area contributed by atoms with Crippen molar-refractivity contribution in [2.24, 2.45) is 17.8 Å². The van der Waals surface area contributed by atoms with Gasteiger partial charge in [0.2, 0.25) is 11.8 Å². The van der Waals surface area contributed by atoms with Crippen LogP contribution < -0.4 is 0 Å². The zero-order valence-corrected chi connectivity index (χ0v) is 17.6. The van der Waals surface area contributed by atoms with Crippen LogP contribution in [0.1, 0.15) is 49.0 Å². The van der Waals surface area contributed by atoms with Crippen molar-refractivity contribution >= 4 is 18.9 Å². The monoisotopic (exact) mass is 413 g/mol. The molecule has 2 aliphatic heterocycles. The highest BCUT2D eigenvalue weighted by atomic mass is 16.5. The summed E-state index contributed by atoms with van der Waals surface area (Å²) >= 11 is 0. The molecular formula is C22H28BNO6. The van der Waals surface area contributed by atoms with E-state index in [1.807, 2.05) is 19.1 Å². The molecule has 0 aromatic heterocycles. The lowest BCUT2D eigenvalue weighted by Gasteiger charge is -2.42. The minimum atomic E-state index is -1.24. The molecule has 0 spiro atoms. The molecule has 2 amide bonds. The number of nitrogens with zero attached hydrogens (tertiary/aromatic N) is 1. The van der Waals surface area contributed by atoms with Crippen molar-refractivity contribution in [3.8, 4) is 5.75 Å². The molecule has 4 rings (SSSR count). The van der Waals surface area contributed by atoms with Crippen molar-refractivity contribution in [3.63, 3.8) is 0 Å². The molecule has 30 heavy (non-hydrogen) atoms. The number of carbonyl (C=O) groups is 2. The maximum atomic E-state index is 13.2. The molecule has 0 saturated carbocycles. The highest BCUT2D eigenvalue weighted by Crippen LogP contribution is 2.51. The normalized spacial score (nSPS) is 28.8. The molecular weight excluding hydrogens is 385 g/mol. The lowest BCUT2D eigenvalue weighted by atomic mass is 9.55. The Labute approximate surface area is 176 Å². The van der Waals surface area contributed by atoms with Crippen molar-refractivity contribution in [1.82, 2.24) is 4.90 Å². The van der Waals surface area contributed by atoms with Gasteiger partial charge in [-0.1, -0.05) is 6.92 Å². The van der Waals surface area contributed by atoms with Crippen LogP contribution in [0.25, 0.3) is 0 Å². The lowest BCUT2D eigenvalue weighted by Crippen LogP contribution is -2.45. The number of allylic oxidation sites excluding steroid dienone is 1. The van der Waals surface area contributed by atoms with Crippen LogP contribution in [0.5, 0.6) is 5.75 Å². The molecule has 4 atom stereocenters. The Balaban J connectivity index is 1.73. The fourth-order valence-corrected chi connectivity index (χ4v) is 5.46. The van der Waals surface area contributed by atoms with Crippen molar-refractivity contribution in [1.29, 1.82) is 0 Å². The number of hydrogen-bond donors (Lipinski definition) is 3. The van der Waals surface area contributed by atoms with E-state index in [0.29, 0.717) is 41.6 Å². The van der Waals surface area contributed by atoms with E-state index < -0.39 is 25.1 Å². The Morgan fingerprint density at radius 2 is 1.83 bits per heavy atom. The van der Waals surface area contributed by atoms with E-state index in [1.165, 1.54) is 4.90 Å². The second-order valence-electron chi connectivity index (χ2n) is 8.70. The van der Waals surface area contributed by atoms with Crippen molar-refractivity contribution in [2.45, 2.75) is 46.1 Å². The SMILES string of the molecule is CCCN1C(=O)[C@H]2[C@H](CC(CO)=C3B(O)O[C@H](c4cc(C)c(O)c(C)c4)C[C@H]32)C1=O. The average Bonchev–Trinajstić information content (AvgIpc) is 2.95. The number of carbonyl (C=O) groups excluding carboxylic acids is 2. The maximum absolute atomic E-state index is 13.2. The topological polar surface area (TPSA) is 107 Å².